The van der Waals surface area contributed by atoms with E-state index in [1.165, 1.54) is 11.3 Å². The summed E-state index contributed by atoms with van der Waals surface area (Å²) < 4.78 is 6.64. The second-order valence-electron chi connectivity index (χ2n) is 4.57. The number of carbonyl (C=O) groups excluding carboxylic acids is 1. The largest absolute Gasteiger partial charge is 0.451 e. The zero-order chi connectivity index (χ0) is 14.2. The third-order valence-electron chi connectivity index (χ3n) is 3.20. The van der Waals surface area contributed by atoms with Crippen LogP contribution in [0.25, 0.3) is 10.2 Å². The van der Waals surface area contributed by atoms with Gasteiger partial charge in [0.05, 0.1) is 22.0 Å². The fourth-order valence-corrected chi connectivity index (χ4v) is 3.03. The van der Waals surface area contributed by atoms with Crippen LogP contribution in [0.2, 0.25) is 0 Å². The van der Waals surface area contributed by atoms with Gasteiger partial charge in [-0.05, 0) is 24.3 Å². The van der Waals surface area contributed by atoms with E-state index in [4.69, 9.17) is 4.74 Å². The Bertz CT molecular complexity index is 850. The third-order valence-corrected chi connectivity index (χ3v) is 4.16. The lowest BCUT2D eigenvalue weighted by Crippen LogP contribution is -2.01. The Morgan fingerprint density at radius 2 is 1.90 bits per heavy atom. The van der Waals surface area contributed by atoms with Crippen LogP contribution in [0.1, 0.15) is 10.4 Å². The standard InChI is InChI=1S/C16H10N2O2S/c19-15-10-5-1-3-7-12(10)20-13(15)9-17-16-18-11-6-2-4-8-14(11)21-16/h1-9H,(H,17,18). The summed E-state index contributed by atoms with van der Waals surface area (Å²) in [6.07, 6.45) is 1.57. The molecule has 5 heteroatoms. The number of allylic oxidation sites excluding steroid dienone is 1. The average Bonchev–Trinajstić information content (AvgIpc) is 3.07. The first-order valence-corrected chi connectivity index (χ1v) is 7.27. The number of carbonyl (C=O) groups is 1. The zero-order valence-corrected chi connectivity index (χ0v) is 11.7. The van der Waals surface area contributed by atoms with Gasteiger partial charge in [-0.2, -0.15) is 0 Å². The van der Waals surface area contributed by atoms with Gasteiger partial charge in [-0.1, -0.05) is 35.6 Å². The minimum atomic E-state index is -0.112. The Morgan fingerprint density at radius 3 is 2.76 bits per heavy atom. The Hall–Kier alpha value is -2.66. The summed E-state index contributed by atoms with van der Waals surface area (Å²) in [6.45, 7) is 0. The maximum absolute atomic E-state index is 12.1. The summed E-state index contributed by atoms with van der Waals surface area (Å²) in [5, 5.41) is 3.77. The number of ether oxygens (including phenoxy) is 1. The van der Waals surface area contributed by atoms with Crippen molar-refractivity contribution in [1.29, 1.82) is 0 Å². The van der Waals surface area contributed by atoms with Gasteiger partial charge in [-0.3, -0.25) is 4.79 Å². The SMILES string of the molecule is O=C1C(=CNc2nc3ccccc3s2)Oc2ccccc21. The van der Waals surface area contributed by atoms with Crippen LogP contribution in [-0.4, -0.2) is 10.8 Å². The maximum atomic E-state index is 12.1. The van der Waals surface area contributed by atoms with Crippen LogP contribution >= 0.6 is 11.3 Å². The Kier molecular flexibility index (Phi) is 2.72. The van der Waals surface area contributed by atoms with E-state index >= 15 is 0 Å². The van der Waals surface area contributed by atoms with Gasteiger partial charge < -0.3 is 10.1 Å². The number of nitrogens with zero attached hydrogens (tertiary/aromatic N) is 1. The first kappa shape index (κ1) is 12.1. The molecule has 1 N–H and O–H groups in total. The second kappa shape index (κ2) is 4.71. The summed E-state index contributed by atoms with van der Waals surface area (Å²) in [5.41, 5.74) is 1.53. The van der Waals surface area contributed by atoms with Crippen LogP contribution in [0, 0.1) is 0 Å². The van der Waals surface area contributed by atoms with Gasteiger partial charge in [-0.25, -0.2) is 4.98 Å². The molecule has 1 aliphatic heterocycles. The lowest BCUT2D eigenvalue weighted by molar-refractivity contribution is 0.101. The maximum Gasteiger partial charge on any atom is 0.233 e. The van der Waals surface area contributed by atoms with E-state index in [9.17, 15) is 4.79 Å². The van der Waals surface area contributed by atoms with E-state index in [1.807, 2.05) is 36.4 Å². The summed E-state index contributed by atoms with van der Waals surface area (Å²) in [5.74, 6) is 0.773. The third kappa shape index (κ3) is 2.08. The summed E-state index contributed by atoms with van der Waals surface area (Å²) in [4.78, 5) is 16.6. The first-order valence-electron chi connectivity index (χ1n) is 6.45. The quantitative estimate of drug-likeness (QED) is 0.730. The van der Waals surface area contributed by atoms with Gasteiger partial charge >= 0.3 is 0 Å². The number of thiazole rings is 1. The van der Waals surface area contributed by atoms with Crippen LogP contribution in [0.15, 0.2) is 60.5 Å². The number of Topliss-reactive ketones (excluding diaryl/α,β-unsaturated/α-hetero) is 1. The van der Waals surface area contributed by atoms with Gasteiger partial charge in [-0.15, -0.1) is 0 Å². The fourth-order valence-electron chi connectivity index (χ4n) is 2.20. The van der Waals surface area contributed by atoms with Crippen molar-refractivity contribution >= 4 is 32.5 Å². The summed E-state index contributed by atoms with van der Waals surface area (Å²) in [6, 6.07) is 15.1. The normalized spacial score (nSPS) is 15.2. The van der Waals surface area contributed by atoms with Crippen molar-refractivity contribution in [2.45, 2.75) is 0 Å². The molecule has 4 nitrogen and oxygen atoms in total. The highest BCUT2D eigenvalue weighted by Crippen LogP contribution is 2.31. The highest BCUT2D eigenvalue weighted by atomic mass is 32.1. The predicted octanol–water partition coefficient (Wildman–Crippen LogP) is 3.82. The second-order valence-corrected chi connectivity index (χ2v) is 5.60. The van der Waals surface area contributed by atoms with Gasteiger partial charge in [0.2, 0.25) is 5.78 Å². The molecule has 102 valence electrons. The van der Waals surface area contributed by atoms with Crippen LogP contribution in [-0.2, 0) is 0 Å². The number of fused-ring (bicyclic) bond motifs is 2. The van der Waals surface area contributed by atoms with Crippen molar-refractivity contribution in [3.05, 3.63) is 66.1 Å². The minimum Gasteiger partial charge on any atom is -0.451 e. The Labute approximate surface area is 124 Å². The van der Waals surface area contributed by atoms with Crippen molar-refractivity contribution in [1.82, 2.24) is 4.98 Å². The van der Waals surface area contributed by atoms with Crippen LogP contribution in [0.4, 0.5) is 5.13 Å². The molecule has 0 saturated carbocycles. The van der Waals surface area contributed by atoms with Crippen LogP contribution < -0.4 is 10.1 Å². The van der Waals surface area contributed by atoms with Gasteiger partial charge in [0.1, 0.15) is 5.75 Å². The number of aromatic nitrogens is 1. The van der Waals surface area contributed by atoms with Crippen LogP contribution in [0.3, 0.4) is 0 Å². The molecule has 21 heavy (non-hydrogen) atoms. The summed E-state index contributed by atoms with van der Waals surface area (Å²) >= 11 is 1.53. The molecule has 3 aromatic rings. The molecule has 0 unspecified atom stereocenters. The zero-order valence-electron chi connectivity index (χ0n) is 10.9. The average molecular weight is 294 g/mol. The predicted molar refractivity (Wildman–Crippen MR) is 82.7 cm³/mol. The van der Waals surface area contributed by atoms with E-state index in [0.717, 1.165) is 15.3 Å². The fraction of sp³-hybridized carbons (Fsp3) is 0. The van der Waals surface area contributed by atoms with Crippen molar-refractivity contribution < 1.29 is 9.53 Å². The molecule has 2 heterocycles. The highest BCUT2D eigenvalue weighted by Gasteiger charge is 2.26. The lowest BCUT2D eigenvalue weighted by Gasteiger charge is -1.98. The van der Waals surface area contributed by atoms with Crippen molar-refractivity contribution in [2.24, 2.45) is 0 Å². The van der Waals surface area contributed by atoms with Crippen LogP contribution in [0.5, 0.6) is 5.75 Å². The van der Waals surface area contributed by atoms with Gasteiger partial charge in [0.15, 0.2) is 10.9 Å². The van der Waals surface area contributed by atoms with E-state index in [-0.39, 0.29) is 11.5 Å². The monoisotopic (exact) mass is 294 g/mol. The number of ketones is 1. The molecule has 0 aliphatic carbocycles. The smallest absolute Gasteiger partial charge is 0.233 e. The minimum absolute atomic E-state index is 0.112. The Balaban J connectivity index is 1.61. The van der Waals surface area contributed by atoms with E-state index in [1.54, 1.807) is 18.3 Å². The molecule has 0 spiro atoms. The molecule has 1 aliphatic rings. The van der Waals surface area contributed by atoms with Crippen molar-refractivity contribution in [3.63, 3.8) is 0 Å². The number of benzene rings is 2. The molecule has 0 atom stereocenters. The first-order chi connectivity index (χ1) is 10.3. The number of anilines is 1. The number of rotatable bonds is 2. The van der Waals surface area contributed by atoms with Crippen molar-refractivity contribution in [2.75, 3.05) is 5.32 Å². The molecule has 0 bridgehead atoms. The summed E-state index contributed by atoms with van der Waals surface area (Å²) in [7, 11) is 0. The Morgan fingerprint density at radius 1 is 1.10 bits per heavy atom. The number of hydrogen-bond acceptors (Lipinski definition) is 5. The number of hydrogen-bond donors (Lipinski definition) is 1. The topological polar surface area (TPSA) is 51.2 Å². The molecular formula is C16H10N2O2S. The molecule has 2 aromatic carbocycles. The van der Waals surface area contributed by atoms with Gasteiger partial charge in [0, 0.05) is 0 Å². The lowest BCUT2D eigenvalue weighted by atomic mass is 10.1. The molecular weight excluding hydrogens is 284 g/mol. The van der Waals surface area contributed by atoms with Gasteiger partial charge in [0.25, 0.3) is 0 Å². The molecule has 0 radical (unpaired) electrons. The molecule has 0 amide bonds. The number of nitrogens with one attached hydrogen (secondary N) is 1. The molecule has 0 saturated heterocycles. The molecule has 1 aromatic heterocycles. The number of para-hydroxylation sites is 2. The van der Waals surface area contributed by atoms with Crippen molar-refractivity contribution in [3.8, 4) is 5.75 Å². The van der Waals surface area contributed by atoms with E-state index in [0.29, 0.717) is 11.3 Å². The highest BCUT2D eigenvalue weighted by molar-refractivity contribution is 7.22. The molecule has 4 rings (SSSR count). The molecule has 0 fully saturated rings. The van der Waals surface area contributed by atoms with E-state index < -0.39 is 0 Å². The van der Waals surface area contributed by atoms with E-state index in [2.05, 4.69) is 10.3 Å².